The largest absolute Gasteiger partial charge is 0.458 e. The number of fused-ring (bicyclic) bond motifs is 2. The molecule has 5 rings (SSSR count). The van der Waals surface area contributed by atoms with E-state index in [1.807, 2.05) is 6.92 Å². The second kappa shape index (κ2) is 7.94. The molecule has 3 heteroatoms. The highest BCUT2D eigenvalue weighted by atomic mass is 16.5. The SMILES string of the molecule is C=C(C)C(CCC(C)C1CCC2(C)C3CCC4C(C)(C)C(=O)CCC45CC35CCC12C)OC(C)=O. The van der Waals surface area contributed by atoms with Crippen molar-refractivity contribution in [1.82, 2.24) is 0 Å². The molecule has 0 aromatic rings. The van der Waals surface area contributed by atoms with Gasteiger partial charge < -0.3 is 4.74 Å². The Bertz CT molecular complexity index is 933. The highest BCUT2D eigenvalue weighted by Crippen LogP contribution is 2.88. The second-order valence-corrected chi connectivity index (χ2v) is 14.8. The first-order chi connectivity index (χ1) is 16.3. The van der Waals surface area contributed by atoms with Crippen LogP contribution < -0.4 is 0 Å². The molecule has 0 aliphatic heterocycles. The van der Waals surface area contributed by atoms with Crippen molar-refractivity contribution in [2.75, 3.05) is 0 Å². The summed E-state index contributed by atoms with van der Waals surface area (Å²) in [4.78, 5) is 24.5. The molecule has 0 amide bonds. The predicted octanol–water partition coefficient (Wildman–Crippen LogP) is 7.92. The molecule has 9 atom stereocenters. The topological polar surface area (TPSA) is 43.4 Å². The van der Waals surface area contributed by atoms with Crippen LogP contribution in [0.2, 0.25) is 0 Å². The summed E-state index contributed by atoms with van der Waals surface area (Å²) in [5.41, 5.74) is 2.61. The average molecular weight is 483 g/mol. The lowest BCUT2D eigenvalue weighted by Gasteiger charge is -2.62. The minimum absolute atomic E-state index is 0.122. The fourth-order valence-corrected chi connectivity index (χ4v) is 11.3. The Morgan fingerprint density at radius 3 is 2.26 bits per heavy atom. The van der Waals surface area contributed by atoms with Crippen LogP contribution >= 0.6 is 0 Å². The van der Waals surface area contributed by atoms with Crippen molar-refractivity contribution in [3.63, 3.8) is 0 Å². The Hall–Kier alpha value is -1.12. The smallest absolute Gasteiger partial charge is 0.303 e. The first kappa shape index (κ1) is 25.5. The predicted molar refractivity (Wildman–Crippen MR) is 141 cm³/mol. The zero-order valence-corrected chi connectivity index (χ0v) is 23.6. The van der Waals surface area contributed by atoms with Crippen LogP contribution in [0.4, 0.5) is 0 Å². The standard InChI is InChI=1S/C32H50O3/c1-20(2)24(35-22(4)33)10-9-21(3)23-13-15-30(8)26-12-11-25-28(5,6)27(34)14-16-31(25)19-32(26,31)18-17-29(23,30)7/h21,23-26H,1,9-19H2,2-8H3. The van der Waals surface area contributed by atoms with Crippen molar-refractivity contribution in [2.24, 2.45) is 50.7 Å². The summed E-state index contributed by atoms with van der Waals surface area (Å²) in [5.74, 6) is 3.13. The number of ketones is 1. The molecule has 2 spiro atoms. The summed E-state index contributed by atoms with van der Waals surface area (Å²) in [6.45, 7) is 19.9. The third kappa shape index (κ3) is 3.27. The molecule has 0 aromatic carbocycles. The minimum atomic E-state index is -0.204. The van der Waals surface area contributed by atoms with Crippen molar-refractivity contribution in [3.8, 4) is 0 Å². The molecule has 5 fully saturated rings. The molecule has 5 aliphatic carbocycles. The maximum Gasteiger partial charge on any atom is 0.303 e. The molecular weight excluding hydrogens is 432 g/mol. The quantitative estimate of drug-likeness (QED) is 0.285. The van der Waals surface area contributed by atoms with Crippen LogP contribution in [-0.4, -0.2) is 17.9 Å². The molecule has 5 aliphatic rings. The van der Waals surface area contributed by atoms with E-state index in [0.29, 0.717) is 39.3 Å². The summed E-state index contributed by atoms with van der Waals surface area (Å²) in [5, 5.41) is 0. The normalized spacial score (nSPS) is 46.9. The summed E-state index contributed by atoms with van der Waals surface area (Å²) < 4.78 is 5.58. The van der Waals surface area contributed by atoms with Gasteiger partial charge in [0.2, 0.25) is 0 Å². The lowest BCUT2D eigenvalue weighted by atomic mass is 9.42. The van der Waals surface area contributed by atoms with E-state index >= 15 is 0 Å². The van der Waals surface area contributed by atoms with Crippen LogP contribution in [0.25, 0.3) is 0 Å². The summed E-state index contributed by atoms with van der Waals surface area (Å²) in [7, 11) is 0. The average Bonchev–Trinajstić information content (AvgIpc) is 3.36. The highest BCUT2D eigenvalue weighted by molar-refractivity contribution is 5.86. The number of hydrogen-bond acceptors (Lipinski definition) is 3. The van der Waals surface area contributed by atoms with E-state index in [9.17, 15) is 9.59 Å². The number of rotatable bonds is 6. The zero-order valence-electron chi connectivity index (χ0n) is 23.6. The number of ether oxygens (including phenoxy) is 1. The molecule has 5 saturated carbocycles. The van der Waals surface area contributed by atoms with E-state index in [2.05, 4.69) is 41.2 Å². The van der Waals surface area contributed by atoms with Crippen molar-refractivity contribution < 1.29 is 14.3 Å². The molecule has 9 unspecified atom stereocenters. The number of Topliss-reactive ketones (excluding diaryl/α,β-unsaturated/α-hetero) is 1. The molecule has 0 aromatic heterocycles. The van der Waals surface area contributed by atoms with Crippen molar-refractivity contribution >= 4 is 11.8 Å². The zero-order chi connectivity index (χ0) is 25.6. The molecule has 0 N–H and O–H groups in total. The van der Waals surface area contributed by atoms with E-state index < -0.39 is 0 Å². The number of esters is 1. The summed E-state index contributed by atoms with van der Waals surface area (Å²) in [6, 6.07) is 0. The van der Waals surface area contributed by atoms with Gasteiger partial charge in [0.15, 0.2) is 0 Å². The van der Waals surface area contributed by atoms with Crippen molar-refractivity contribution in [2.45, 2.75) is 125 Å². The molecule has 0 bridgehead atoms. The van der Waals surface area contributed by atoms with E-state index in [-0.39, 0.29) is 17.5 Å². The lowest BCUT2D eigenvalue weighted by molar-refractivity contribution is -0.157. The van der Waals surface area contributed by atoms with Gasteiger partial charge in [-0.25, -0.2) is 0 Å². The molecule has 35 heavy (non-hydrogen) atoms. The lowest BCUT2D eigenvalue weighted by Crippen LogP contribution is -2.57. The Morgan fingerprint density at radius 1 is 0.943 bits per heavy atom. The Labute approximate surface area is 214 Å². The minimum Gasteiger partial charge on any atom is -0.458 e. The van der Waals surface area contributed by atoms with Crippen LogP contribution in [0.1, 0.15) is 119 Å². The molecule has 0 heterocycles. The van der Waals surface area contributed by atoms with Gasteiger partial charge in [-0.3, -0.25) is 9.59 Å². The van der Waals surface area contributed by atoms with E-state index in [0.717, 1.165) is 36.7 Å². The van der Waals surface area contributed by atoms with Crippen LogP contribution in [0.15, 0.2) is 12.2 Å². The molecule has 0 saturated heterocycles. The van der Waals surface area contributed by atoms with E-state index in [4.69, 9.17) is 4.74 Å². The van der Waals surface area contributed by atoms with Gasteiger partial charge >= 0.3 is 5.97 Å². The van der Waals surface area contributed by atoms with Crippen LogP contribution in [0.3, 0.4) is 0 Å². The van der Waals surface area contributed by atoms with Gasteiger partial charge in [-0.1, -0.05) is 41.2 Å². The number of carbonyl (C=O) groups excluding carboxylic acids is 2. The third-order valence-electron chi connectivity index (χ3n) is 13.3. The van der Waals surface area contributed by atoms with Gasteiger partial charge in [0.1, 0.15) is 11.9 Å². The van der Waals surface area contributed by atoms with E-state index in [1.54, 1.807) is 0 Å². The van der Waals surface area contributed by atoms with Crippen molar-refractivity contribution in [1.29, 1.82) is 0 Å². The third-order valence-corrected chi connectivity index (χ3v) is 13.3. The monoisotopic (exact) mass is 482 g/mol. The number of carbonyl (C=O) groups is 2. The van der Waals surface area contributed by atoms with Gasteiger partial charge in [0.05, 0.1) is 0 Å². The Kier molecular flexibility index (Phi) is 5.79. The molecule has 3 nitrogen and oxygen atoms in total. The van der Waals surface area contributed by atoms with Gasteiger partial charge in [-0.2, -0.15) is 0 Å². The van der Waals surface area contributed by atoms with Gasteiger partial charge in [0.25, 0.3) is 0 Å². The van der Waals surface area contributed by atoms with Crippen LogP contribution in [0, 0.1) is 50.7 Å². The molecular formula is C32H50O3. The fourth-order valence-electron chi connectivity index (χ4n) is 11.3. The summed E-state index contributed by atoms with van der Waals surface area (Å²) >= 11 is 0. The second-order valence-electron chi connectivity index (χ2n) is 14.8. The Morgan fingerprint density at radius 2 is 1.60 bits per heavy atom. The van der Waals surface area contributed by atoms with Crippen LogP contribution in [0.5, 0.6) is 0 Å². The first-order valence-electron chi connectivity index (χ1n) is 14.6. The molecule has 0 radical (unpaired) electrons. The van der Waals surface area contributed by atoms with Gasteiger partial charge in [-0.05, 0) is 122 Å². The van der Waals surface area contributed by atoms with Crippen molar-refractivity contribution in [3.05, 3.63) is 12.2 Å². The maximum atomic E-state index is 12.9. The van der Waals surface area contributed by atoms with Crippen LogP contribution in [-0.2, 0) is 14.3 Å². The summed E-state index contributed by atoms with van der Waals surface area (Å²) in [6.07, 6.45) is 13.3. The maximum absolute atomic E-state index is 12.9. The fraction of sp³-hybridized carbons (Fsp3) is 0.875. The van der Waals surface area contributed by atoms with Gasteiger partial charge in [-0.15, -0.1) is 0 Å². The van der Waals surface area contributed by atoms with E-state index in [1.165, 1.54) is 58.3 Å². The highest BCUT2D eigenvalue weighted by Gasteiger charge is 2.82. The Balaban J connectivity index is 1.35. The number of hydrogen-bond donors (Lipinski definition) is 0. The van der Waals surface area contributed by atoms with Gasteiger partial charge in [0, 0.05) is 18.8 Å². The first-order valence-corrected chi connectivity index (χ1v) is 14.6. The molecule has 196 valence electrons.